The summed E-state index contributed by atoms with van der Waals surface area (Å²) in [5, 5.41) is 3.27. The highest BCUT2D eigenvalue weighted by molar-refractivity contribution is 5.39. The molecule has 0 aromatic heterocycles. The minimum Gasteiger partial charge on any atom is -0.490 e. The zero-order chi connectivity index (χ0) is 12.5. The van der Waals surface area contributed by atoms with E-state index >= 15 is 0 Å². The van der Waals surface area contributed by atoms with Crippen LogP contribution in [0.2, 0.25) is 0 Å². The van der Waals surface area contributed by atoms with Gasteiger partial charge in [0.2, 0.25) is 0 Å². The van der Waals surface area contributed by atoms with Gasteiger partial charge in [0.05, 0.1) is 6.61 Å². The summed E-state index contributed by atoms with van der Waals surface area (Å²) in [5.41, 5.74) is 0. The summed E-state index contributed by atoms with van der Waals surface area (Å²) in [5.74, 6) is 1.59. The van der Waals surface area contributed by atoms with Crippen LogP contribution in [0.15, 0.2) is 36.9 Å². The van der Waals surface area contributed by atoms with Gasteiger partial charge in [-0.1, -0.05) is 18.2 Å². The van der Waals surface area contributed by atoms with Crippen molar-refractivity contribution in [1.82, 2.24) is 5.32 Å². The molecule has 1 rings (SSSR count). The highest BCUT2D eigenvalue weighted by Gasteiger charge is 2.02. The molecule has 1 atom stereocenters. The Kier molecular flexibility index (Phi) is 6.18. The fraction of sp³-hybridized carbons (Fsp3) is 0.429. The number of nitrogens with one attached hydrogen (secondary N) is 1. The lowest BCUT2D eigenvalue weighted by Gasteiger charge is -2.13. The lowest BCUT2D eigenvalue weighted by Crippen LogP contribution is -2.28. The van der Waals surface area contributed by atoms with Crippen LogP contribution in [0.4, 0.5) is 0 Å². The average molecular weight is 235 g/mol. The molecule has 1 aromatic carbocycles. The third kappa shape index (κ3) is 4.91. The molecule has 0 saturated carbocycles. The van der Waals surface area contributed by atoms with Gasteiger partial charge in [-0.15, -0.1) is 6.58 Å². The fourth-order valence-electron chi connectivity index (χ4n) is 1.38. The van der Waals surface area contributed by atoms with E-state index in [-0.39, 0.29) is 0 Å². The molecule has 0 amide bonds. The van der Waals surface area contributed by atoms with Crippen LogP contribution in [0.5, 0.6) is 11.5 Å². The van der Waals surface area contributed by atoms with Gasteiger partial charge in [0, 0.05) is 12.6 Å². The van der Waals surface area contributed by atoms with E-state index in [4.69, 9.17) is 9.47 Å². The van der Waals surface area contributed by atoms with Gasteiger partial charge >= 0.3 is 0 Å². The minimum absolute atomic E-state index is 0.306. The Morgan fingerprint density at radius 2 is 1.94 bits per heavy atom. The summed E-state index contributed by atoms with van der Waals surface area (Å²) >= 11 is 0. The Balaban J connectivity index is 2.37. The van der Waals surface area contributed by atoms with Gasteiger partial charge in [-0.2, -0.15) is 0 Å². The van der Waals surface area contributed by atoms with E-state index in [1.165, 1.54) is 0 Å². The van der Waals surface area contributed by atoms with Gasteiger partial charge in [-0.3, -0.25) is 0 Å². The van der Waals surface area contributed by atoms with Gasteiger partial charge in [-0.05, 0) is 26.0 Å². The maximum Gasteiger partial charge on any atom is 0.161 e. The second-order valence-corrected chi connectivity index (χ2v) is 3.71. The van der Waals surface area contributed by atoms with E-state index in [0.717, 1.165) is 18.0 Å². The smallest absolute Gasteiger partial charge is 0.161 e. The predicted molar refractivity (Wildman–Crippen MR) is 70.8 cm³/mol. The number of hydrogen-bond donors (Lipinski definition) is 1. The molecule has 1 unspecified atom stereocenters. The van der Waals surface area contributed by atoms with Crippen molar-refractivity contribution in [3.05, 3.63) is 36.9 Å². The van der Waals surface area contributed by atoms with E-state index in [2.05, 4.69) is 18.8 Å². The normalized spacial score (nSPS) is 11.9. The monoisotopic (exact) mass is 235 g/mol. The molecular weight excluding hydrogens is 214 g/mol. The van der Waals surface area contributed by atoms with E-state index in [1.54, 1.807) is 0 Å². The number of ether oxygens (including phenoxy) is 2. The van der Waals surface area contributed by atoms with Gasteiger partial charge in [0.15, 0.2) is 11.5 Å². The third-order valence-corrected chi connectivity index (χ3v) is 2.33. The Bertz CT molecular complexity index is 339. The first-order valence-corrected chi connectivity index (χ1v) is 5.98. The number of rotatable bonds is 8. The molecule has 0 fully saturated rings. The molecule has 94 valence electrons. The number of benzene rings is 1. The molecule has 0 bridgehead atoms. The predicted octanol–water partition coefficient (Wildman–Crippen LogP) is 2.63. The molecule has 1 N–H and O–H groups in total. The van der Waals surface area contributed by atoms with E-state index in [9.17, 15) is 0 Å². The Morgan fingerprint density at radius 1 is 1.29 bits per heavy atom. The quantitative estimate of drug-likeness (QED) is 0.555. The average Bonchev–Trinajstić information content (AvgIpc) is 2.36. The molecule has 3 heteroatoms. The van der Waals surface area contributed by atoms with Crippen LogP contribution in [0, 0.1) is 0 Å². The van der Waals surface area contributed by atoms with Crippen molar-refractivity contribution in [1.29, 1.82) is 0 Å². The van der Waals surface area contributed by atoms with Crippen LogP contribution < -0.4 is 14.8 Å². The maximum absolute atomic E-state index is 5.66. The van der Waals surface area contributed by atoms with Crippen molar-refractivity contribution in [2.45, 2.75) is 19.9 Å². The topological polar surface area (TPSA) is 30.5 Å². The van der Waals surface area contributed by atoms with Crippen molar-refractivity contribution >= 4 is 0 Å². The SMILES string of the molecule is C=CC(C)NCCOc1ccccc1OCC. The summed E-state index contributed by atoms with van der Waals surface area (Å²) in [7, 11) is 0. The molecule has 0 radical (unpaired) electrons. The lowest BCUT2D eigenvalue weighted by molar-refractivity contribution is 0.274. The van der Waals surface area contributed by atoms with Crippen molar-refractivity contribution in [2.75, 3.05) is 19.8 Å². The van der Waals surface area contributed by atoms with Crippen LogP contribution >= 0.6 is 0 Å². The van der Waals surface area contributed by atoms with Crippen LogP contribution in [0.3, 0.4) is 0 Å². The van der Waals surface area contributed by atoms with Crippen LogP contribution in [-0.4, -0.2) is 25.8 Å². The van der Waals surface area contributed by atoms with Crippen molar-refractivity contribution in [3.63, 3.8) is 0 Å². The summed E-state index contributed by atoms with van der Waals surface area (Å²) in [6.45, 7) is 9.78. The van der Waals surface area contributed by atoms with Gasteiger partial charge in [0.1, 0.15) is 6.61 Å². The van der Waals surface area contributed by atoms with Crippen molar-refractivity contribution < 1.29 is 9.47 Å². The minimum atomic E-state index is 0.306. The highest BCUT2D eigenvalue weighted by atomic mass is 16.5. The molecule has 0 spiro atoms. The summed E-state index contributed by atoms with van der Waals surface area (Å²) in [6, 6.07) is 8.02. The van der Waals surface area contributed by atoms with E-state index in [1.807, 2.05) is 37.3 Å². The standard InChI is InChI=1S/C14H21NO2/c1-4-12(3)15-10-11-17-14-9-7-6-8-13(14)16-5-2/h4,6-9,12,15H,1,5,10-11H2,2-3H3. The van der Waals surface area contributed by atoms with Crippen LogP contribution in [0.1, 0.15) is 13.8 Å². The van der Waals surface area contributed by atoms with Crippen molar-refractivity contribution in [3.8, 4) is 11.5 Å². The van der Waals surface area contributed by atoms with Crippen LogP contribution in [0.25, 0.3) is 0 Å². The second-order valence-electron chi connectivity index (χ2n) is 3.71. The molecule has 0 heterocycles. The molecule has 0 saturated heterocycles. The number of hydrogen-bond acceptors (Lipinski definition) is 3. The first kappa shape index (κ1) is 13.6. The Morgan fingerprint density at radius 3 is 2.53 bits per heavy atom. The molecule has 3 nitrogen and oxygen atoms in total. The summed E-state index contributed by atoms with van der Waals surface area (Å²) in [6.07, 6.45) is 1.87. The molecule has 0 aliphatic heterocycles. The summed E-state index contributed by atoms with van der Waals surface area (Å²) < 4.78 is 11.1. The Labute approximate surface area is 103 Å². The first-order chi connectivity index (χ1) is 8.27. The fourth-order valence-corrected chi connectivity index (χ4v) is 1.38. The van der Waals surface area contributed by atoms with E-state index in [0.29, 0.717) is 19.3 Å². The zero-order valence-electron chi connectivity index (χ0n) is 10.6. The zero-order valence-corrected chi connectivity index (χ0v) is 10.6. The highest BCUT2D eigenvalue weighted by Crippen LogP contribution is 2.25. The maximum atomic E-state index is 5.66. The van der Waals surface area contributed by atoms with Gasteiger partial charge in [-0.25, -0.2) is 0 Å². The third-order valence-electron chi connectivity index (χ3n) is 2.33. The second kappa shape index (κ2) is 7.74. The van der Waals surface area contributed by atoms with Crippen molar-refractivity contribution in [2.24, 2.45) is 0 Å². The lowest BCUT2D eigenvalue weighted by atomic mass is 10.3. The molecule has 1 aromatic rings. The Hall–Kier alpha value is -1.48. The van der Waals surface area contributed by atoms with E-state index < -0.39 is 0 Å². The summed E-state index contributed by atoms with van der Waals surface area (Å²) in [4.78, 5) is 0. The molecule has 0 aliphatic carbocycles. The molecular formula is C14H21NO2. The largest absolute Gasteiger partial charge is 0.490 e. The first-order valence-electron chi connectivity index (χ1n) is 5.98. The van der Waals surface area contributed by atoms with Crippen LogP contribution in [-0.2, 0) is 0 Å². The van der Waals surface area contributed by atoms with Gasteiger partial charge in [0.25, 0.3) is 0 Å². The molecule has 17 heavy (non-hydrogen) atoms. The molecule has 0 aliphatic rings. The van der Waals surface area contributed by atoms with Gasteiger partial charge < -0.3 is 14.8 Å². The number of para-hydroxylation sites is 2.